The minimum atomic E-state index is -0.709. The van der Waals surface area contributed by atoms with E-state index >= 15 is 0 Å². The molecule has 0 aromatic rings. The molecule has 1 amide bonds. The van der Waals surface area contributed by atoms with Crippen LogP contribution in [0.3, 0.4) is 0 Å². The fourth-order valence-electron chi connectivity index (χ4n) is 2.36. The zero-order valence-corrected chi connectivity index (χ0v) is 11.9. The van der Waals surface area contributed by atoms with Crippen LogP contribution < -0.4 is 5.32 Å². The Morgan fingerprint density at radius 3 is 2.56 bits per heavy atom. The van der Waals surface area contributed by atoms with Crippen molar-refractivity contribution in [2.45, 2.75) is 64.6 Å². The van der Waals surface area contributed by atoms with Gasteiger partial charge in [-0.3, -0.25) is 4.79 Å². The Hall–Kier alpha value is -0.610. The Kier molecular flexibility index (Phi) is 6.09. The molecule has 0 atom stereocenters. The molecular weight excluding hydrogens is 230 g/mol. The van der Waals surface area contributed by atoms with Crippen molar-refractivity contribution in [3.05, 3.63) is 0 Å². The third-order valence-corrected chi connectivity index (χ3v) is 3.78. The van der Waals surface area contributed by atoms with Gasteiger partial charge in [0.1, 0.15) is 6.61 Å². The van der Waals surface area contributed by atoms with Crippen LogP contribution in [0.4, 0.5) is 0 Å². The minimum Gasteiger partial charge on any atom is -0.388 e. The lowest BCUT2D eigenvalue weighted by molar-refractivity contribution is -0.128. The third kappa shape index (κ3) is 5.36. The summed E-state index contributed by atoms with van der Waals surface area (Å²) in [5.41, 5.74) is -0.709. The number of nitrogens with one attached hydrogen (secondary N) is 1. The Labute approximate surface area is 110 Å². The average Bonchev–Trinajstić information content (AvgIpc) is 2.35. The van der Waals surface area contributed by atoms with E-state index in [4.69, 9.17) is 4.74 Å². The second-order valence-corrected chi connectivity index (χ2v) is 5.71. The number of ether oxygens (including phenoxy) is 1. The van der Waals surface area contributed by atoms with E-state index in [-0.39, 0.29) is 18.6 Å². The molecular formula is C14H27NO3. The van der Waals surface area contributed by atoms with Crippen molar-refractivity contribution in [1.82, 2.24) is 5.32 Å². The maximum Gasteiger partial charge on any atom is 0.246 e. The molecule has 1 fully saturated rings. The van der Waals surface area contributed by atoms with Crippen molar-refractivity contribution < 1.29 is 14.6 Å². The fourth-order valence-corrected chi connectivity index (χ4v) is 2.36. The molecule has 1 aliphatic rings. The van der Waals surface area contributed by atoms with Crippen LogP contribution in [0.1, 0.15) is 52.9 Å². The molecule has 0 saturated heterocycles. The van der Waals surface area contributed by atoms with Gasteiger partial charge in [-0.25, -0.2) is 0 Å². The van der Waals surface area contributed by atoms with Crippen LogP contribution >= 0.6 is 0 Å². The highest BCUT2D eigenvalue weighted by atomic mass is 16.5. The topological polar surface area (TPSA) is 58.6 Å². The summed E-state index contributed by atoms with van der Waals surface area (Å²) in [6.07, 6.45) is 4.94. The number of carbonyl (C=O) groups excluding carboxylic acids is 1. The first-order valence-corrected chi connectivity index (χ1v) is 7.06. The molecule has 0 unspecified atom stereocenters. The van der Waals surface area contributed by atoms with Crippen molar-refractivity contribution in [2.75, 3.05) is 13.2 Å². The monoisotopic (exact) mass is 257 g/mol. The van der Waals surface area contributed by atoms with E-state index in [0.717, 1.165) is 31.6 Å². The van der Waals surface area contributed by atoms with E-state index in [9.17, 15) is 9.90 Å². The highest BCUT2D eigenvalue weighted by molar-refractivity contribution is 5.77. The lowest BCUT2D eigenvalue weighted by Crippen LogP contribution is -2.46. The molecule has 1 saturated carbocycles. The van der Waals surface area contributed by atoms with Gasteiger partial charge in [0.25, 0.3) is 0 Å². The molecule has 18 heavy (non-hydrogen) atoms. The molecule has 2 N–H and O–H groups in total. The van der Waals surface area contributed by atoms with Gasteiger partial charge in [-0.2, -0.15) is 0 Å². The van der Waals surface area contributed by atoms with Gasteiger partial charge in [-0.1, -0.05) is 13.3 Å². The van der Waals surface area contributed by atoms with Gasteiger partial charge in [0.15, 0.2) is 0 Å². The molecule has 4 nitrogen and oxygen atoms in total. The fraction of sp³-hybridized carbons (Fsp3) is 0.929. The van der Waals surface area contributed by atoms with E-state index in [1.54, 1.807) is 0 Å². The van der Waals surface area contributed by atoms with E-state index in [1.165, 1.54) is 6.42 Å². The standard InChI is InChI=1S/C14H27NO3/c1-4-12-5-7-14(17,8-6-12)10-15-13(16)9-18-11(2)3/h11-12,17H,4-10H2,1-3H3,(H,15,16). The van der Waals surface area contributed by atoms with E-state index in [0.29, 0.717) is 6.54 Å². The average molecular weight is 257 g/mol. The Bertz CT molecular complexity index is 258. The first-order valence-electron chi connectivity index (χ1n) is 7.06. The first kappa shape index (κ1) is 15.4. The zero-order chi connectivity index (χ0) is 13.6. The van der Waals surface area contributed by atoms with Gasteiger partial charge in [-0.05, 0) is 45.4 Å². The van der Waals surface area contributed by atoms with Crippen LogP contribution in [0.15, 0.2) is 0 Å². The van der Waals surface area contributed by atoms with Crippen LogP contribution in [0.2, 0.25) is 0 Å². The SMILES string of the molecule is CCC1CCC(O)(CNC(=O)COC(C)C)CC1. The summed E-state index contributed by atoms with van der Waals surface area (Å²) in [7, 11) is 0. The van der Waals surface area contributed by atoms with Gasteiger partial charge >= 0.3 is 0 Å². The van der Waals surface area contributed by atoms with Crippen LogP contribution in [0.5, 0.6) is 0 Å². The van der Waals surface area contributed by atoms with Crippen LogP contribution in [-0.4, -0.2) is 35.9 Å². The summed E-state index contributed by atoms with van der Waals surface area (Å²) < 4.78 is 5.22. The lowest BCUT2D eigenvalue weighted by atomic mass is 9.78. The Morgan fingerprint density at radius 2 is 2.06 bits per heavy atom. The van der Waals surface area contributed by atoms with Gasteiger partial charge in [0.2, 0.25) is 5.91 Å². The number of aliphatic hydroxyl groups is 1. The lowest BCUT2D eigenvalue weighted by Gasteiger charge is -2.35. The van der Waals surface area contributed by atoms with E-state index in [1.807, 2.05) is 13.8 Å². The van der Waals surface area contributed by atoms with E-state index in [2.05, 4.69) is 12.2 Å². The predicted octanol–water partition coefficient (Wildman–Crippen LogP) is 1.86. The van der Waals surface area contributed by atoms with Crippen molar-refractivity contribution >= 4 is 5.91 Å². The smallest absolute Gasteiger partial charge is 0.246 e. The summed E-state index contributed by atoms with van der Waals surface area (Å²) in [6, 6.07) is 0. The predicted molar refractivity (Wildman–Crippen MR) is 71.3 cm³/mol. The second-order valence-electron chi connectivity index (χ2n) is 5.71. The maximum atomic E-state index is 11.5. The van der Waals surface area contributed by atoms with Crippen LogP contribution in [0, 0.1) is 5.92 Å². The summed E-state index contributed by atoms with van der Waals surface area (Å²) in [6.45, 7) is 6.41. The summed E-state index contributed by atoms with van der Waals surface area (Å²) in [5, 5.41) is 13.1. The molecule has 1 aliphatic carbocycles. The zero-order valence-electron chi connectivity index (χ0n) is 11.9. The van der Waals surface area contributed by atoms with E-state index < -0.39 is 5.60 Å². The molecule has 0 aliphatic heterocycles. The number of amides is 1. The Morgan fingerprint density at radius 1 is 1.44 bits per heavy atom. The van der Waals surface area contributed by atoms with Crippen molar-refractivity contribution in [3.8, 4) is 0 Å². The summed E-state index contributed by atoms with van der Waals surface area (Å²) in [4.78, 5) is 11.5. The third-order valence-electron chi connectivity index (χ3n) is 3.78. The largest absolute Gasteiger partial charge is 0.388 e. The maximum absolute atomic E-state index is 11.5. The van der Waals surface area contributed by atoms with Gasteiger partial charge in [-0.15, -0.1) is 0 Å². The molecule has 0 aromatic heterocycles. The highest BCUT2D eigenvalue weighted by Gasteiger charge is 2.32. The van der Waals surface area contributed by atoms with Crippen LogP contribution in [0.25, 0.3) is 0 Å². The number of carbonyl (C=O) groups is 1. The molecule has 1 rings (SSSR count). The second kappa shape index (κ2) is 7.10. The van der Waals surface area contributed by atoms with Crippen LogP contribution in [-0.2, 0) is 9.53 Å². The summed E-state index contributed by atoms with van der Waals surface area (Å²) in [5.74, 6) is 0.597. The van der Waals surface area contributed by atoms with Gasteiger partial charge in [0.05, 0.1) is 11.7 Å². The highest BCUT2D eigenvalue weighted by Crippen LogP contribution is 2.33. The quantitative estimate of drug-likeness (QED) is 0.763. The number of rotatable bonds is 6. The Balaban J connectivity index is 2.24. The minimum absolute atomic E-state index is 0.0545. The number of hydrogen-bond acceptors (Lipinski definition) is 3. The molecule has 0 spiro atoms. The molecule has 0 radical (unpaired) electrons. The molecule has 0 bridgehead atoms. The molecule has 0 aromatic carbocycles. The number of hydrogen-bond donors (Lipinski definition) is 2. The summed E-state index contributed by atoms with van der Waals surface area (Å²) >= 11 is 0. The van der Waals surface area contributed by atoms with Gasteiger partial charge in [0, 0.05) is 6.54 Å². The molecule has 0 heterocycles. The van der Waals surface area contributed by atoms with Crippen molar-refractivity contribution in [2.24, 2.45) is 5.92 Å². The normalized spacial score (nSPS) is 28.4. The first-order chi connectivity index (χ1) is 8.45. The van der Waals surface area contributed by atoms with Crippen molar-refractivity contribution in [3.63, 3.8) is 0 Å². The molecule has 4 heteroatoms. The van der Waals surface area contributed by atoms with Gasteiger partial charge < -0.3 is 15.2 Å². The molecule has 106 valence electrons. The van der Waals surface area contributed by atoms with Crippen molar-refractivity contribution in [1.29, 1.82) is 0 Å².